The van der Waals surface area contributed by atoms with Crippen molar-refractivity contribution in [3.63, 3.8) is 0 Å². The van der Waals surface area contributed by atoms with Gasteiger partial charge in [0.25, 0.3) is 0 Å². The number of methoxy groups -OCH3 is 2. The zero-order valence-electron chi connectivity index (χ0n) is 10.7. The molecular formula is C14H14ClNO3. The molecule has 4 nitrogen and oxygen atoms in total. The van der Waals surface area contributed by atoms with Crippen LogP contribution in [0.1, 0.15) is 5.69 Å². The van der Waals surface area contributed by atoms with Gasteiger partial charge in [0.05, 0.1) is 14.2 Å². The summed E-state index contributed by atoms with van der Waals surface area (Å²) in [6.45, 7) is 0.278. The predicted octanol–water partition coefficient (Wildman–Crippen LogP) is 3.33. The predicted molar refractivity (Wildman–Crippen MR) is 73.1 cm³/mol. The van der Waals surface area contributed by atoms with E-state index in [2.05, 4.69) is 4.98 Å². The molecule has 5 heteroatoms. The molecule has 100 valence electrons. The third-order valence-corrected chi connectivity index (χ3v) is 2.77. The van der Waals surface area contributed by atoms with E-state index in [-0.39, 0.29) is 6.61 Å². The van der Waals surface area contributed by atoms with Gasteiger partial charge < -0.3 is 14.2 Å². The molecule has 0 aliphatic heterocycles. The topological polar surface area (TPSA) is 40.6 Å². The average molecular weight is 280 g/mol. The number of nitrogens with zero attached hydrogens (tertiary/aromatic N) is 1. The maximum Gasteiger partial charge on any atom is 0.185 e. The summed E-state index contributed by atoms with van der Waals surface area (Å²) in [7, 11) is 3.15. The molecular weight excluding hydrogens is 266 g/mol. The number of benzene rings is 1. The lowest BCUT2D eigenvalue weighted by Crippen LogP contribution is -2.03. The van der Waals surface area contributed by atoms with E-state index in [1.54, 1.807) is 38.6 Å². The Morgan fingerprint density at radius 1 is 1.16 bits per heavy atom. The highest BCUT2D eigenvalue weighted by Gasteiger charge is 2.11. The van der Waals surface area contributed by atoms with Crippen molar-refractivity contribution in [1.82, 2.24) is 4.98 Å². The lowest BCUT2D eigenvalue weighted by atomic mass is 10.3. The summed E-state index contributed by atoms with van der Waals surface area (Å²) < 4.78 is 16.1. The number of pyridine rings is 1. The molecule has 2 rings (SSSR count). The van der Waals surface area contributed by atoms with Gasteiger partial charge in [0.1, 0.15) is 18.1 Å². The third-order valence-electron chi connectivity index (χ3n) is 2.54. The second-order valence-electron chi connectivity index (χ2n) is 3.74. The number of aromatic nitrogens is 1. The van der Waals surface area contributed by atoms with Crippen molar-refractivity contribution in [2.24, 2.45) is 0 Å². The molecule has 0 N–H and O–H groups in total. The first kappa shape index (κ1) is 13.5. The van der Waals surface area contributed by atoms with Gasteiger partial charge in [-0.1, -0.05) is 17.7 Å². The smallest absolute Gasteiger partial charge is 0.185 e. The van der Waals surface area contributed by atoms with E-state index < -0.39 is 0 Å². The molecule has 2 aromatic rings. The molecule has 0 amide bonds. The minimum atomic E-state index is 0.278. The molecule has 0 saturated heterocycles. The van der Waals surface area contributed by atoms with Gasteiger partial charge in [-0.25, -0.2) is 0 Å². The summed E-state index contributed by atoms with van der Waals surface area (Å²) in [5.41, 5.74) is 0.668. The quantitative estimate of drug-likeness (QED) is 0.842. The number of hydrogen-bond donors (Lipinski definition) is 0. The van der Waals surface area contributed by atoms with Crippen molar-refractivity contribution in [1.29, 1.82) is 0 Å². The van der Waals surface area contributed by atoms with Crippen LogP contribution in [0.5, 0.6) is 17.2 Å². The van der Waals surface area contributed by atoms with Crippen molar-refractivity contribution in [2.75, 3.05) is 14.2 Å². The SMILES string of the molecule is COc1ccnc(COc2cccc(Cl)c2)c1OC. The largest absolute Gasteiger partial charge is 0.493 e. The minimum Gasteiger partial charge on any atom is -0.493 e. The fourth-order valence-corrected chi connectivity index (χ4v) is 1.84. The van der Waals surface area contributed by atoms with Crippen molar-refractivity contribution in [3.8, 4) is 17.2 Å². The molecule has 0 radical (unpaired) electrons. The summed E-state index contributed by atoms with van der Waals surface area (Å²) in [5.74, 6) is 1.88. The first-order valence-corrected chi connectivity index (χ1v) is 6.06. The van der Waals surface area contributed by atoms with Gasteiger partial charge in [0, 0.05) is 17.3 Å². The zero-order chi connectivity index (χ0) is 13.7. The van der Waals surface area contributed by atoms with E-state index in [4.69, 9.17) is 25.8 Å². The van der Waals surface area contributed by atoms with Crippen LogP contribution in [-0.2, 0) is 6.61 Å². The molecule has 0 unspecified atom stereocenters. The second kappa shape index (κ2) is 6.29. The van der Waals surface area contributed by atoms with E-state index in [1.807, 2.05) is 12.1 Å². The highest BCUT2D eigenvalue weighted by molar-refractivity contribution is 6.30. The van der Waals surface area contributed by atoms with Gasteiger partial charge in [-0.2, -0.15) is 0 Å². The fourth-order valence-electron chi connectivity index (χ4n) is 1.66. The Kier molecular flexibility index (Phi) is 4.47. The van der Waals surface area contributed by atoms with E-state index >= 15 is 0 Å². The van der Waals surface area contributed by atoms with Crippen LogP contribution in [0.3, 0.4) is 0 Å². The summed E-state index contributed by atoms with van der Waals surface area (Å²) in [6, 6.07) is 8.93. The molecule has 0 spiro atoms. The summed E-state index contributed by atoms with van der Waals surface area (Å²) in [4.78, 5) is 4.23. The van der Waals surface area contributed by atoms with E-state index in [9.17, 15) is 0 Å². The van der Waals surface area contributed by atoms with Gasteiger partial charge in [-0.15, -0.1) is 0 Å². The Labute approximate surface area is 116 Å². The Morgan fingerprint density at radius 3 is 2.68 bits per heavy atom. The highest BCUT2D eigenvalue weighted by atomic mass is 35.5. The standard InChI is InChI=1S/C14H14ClNO3/c1-17-13-6-7-16-12(14(13)18-2)9-19-11-5-3-4-10(15)8-11/h3-8H,9H2,1-2H3. The number of rotatable bonds is 5. The van der Waals surface area contributed by atoms with E-state index in [0.29, 0.717) is 28.0 Å². The second-order valence-corrected chi connectivity index (χ2v) is 4.18. The van der Waals surface area contributed by atoms with Gasteiger partial charge in [-0.05, 0) is 18.2 Å². The van der Waals surface area contributed by atoms with Gasteiger partial charge in [-0.3, -0.25) is 4.98 Å². The maximum atomic E-state index is 5.89. The Bertz CT molecular complexity index is 560. The van der Waals surface area contributed by atoms with Crippen molar-refractivity contribution in [3.05, 3.63) is 47.2 Å². The van der Waals surface area contributed by atoms with Crippen LogP contribution >= 0.6 is 11.6 Å². The highest BCUT2D eigenvalue weighted by Crippen LogP contribution is 2.29. The van der Waals surface area contributed by atoms with Gasteiger partial charge in [0.15, 0.2) is 11.5 Å². The Balaban J connectivity index is 2.15. The summed E-state index contributed by atoms with van der Waals surface area (Å²) in [5, 5.41) is 0.628. The summed E-state index contributed by atoms with van der Waals surface area (Å²) in [6.07, 6.45) is 1.65. The molecule has 0 saturated carbocycles. The zero-order valence-corrected chi connectivity index (χ0v) is 11.5. The van der Waals surface area contributed by atoms with Crippen molar-refractivity contribution in [2.45, 2.75) is 6.61 Å². The molecule has 1 aromatic carbocycles. The molecule has 0 atom stereocenters. The van der Waals surface area contributed by atoms with Crippen LogP contribution in [0.25, 0.3) is 0 Å². The molecule has 19 heavy (non-hydrogen) atoms. The van der Waals surface area contributed by atoms with Crippen molar-refractivity contribution < 1.29 is 14.2 Å². The monoisotopic (exact) mass is 279 g/mol. The lowest BCUT2D eigenvalue weighted by molar-refractivity contribution is 0.285. The van der Waals surface area contributed by atoms with Crippen LogP contribution in [0.15, 0.2) is 36.5 Å². The van der Waals surface area contributed by atoms with Gasteiger partial charge in [0.2, 0.25) is 0 Å². The number of hydrogen-bond acceptors (Lipinski definition) is 4. The molecule has 0 aliphatic carbocycles. The average Bonchev–Trinajstić information content (AvgIpc) is 2.44. The third kappa shape index (κ3) is 3.29. The summed E-state index contributed by atoms with van der Waals surface area (Å²) >= 11 is 5.89. The van der Waals surface area contributed by atoms with Crippen molar-refractivity contribution >= 4 is 11.6 Å². The lowest BCUT2D eigenvalue weighted by Gasteiger charge is -2.12. The van der Waals surface area contributed by atoms with Crippen LogP contribution in [-0.4, -0.2) is 19.2 Å². The molecule has 0 aliphatic rings. The van der Waals surface area contributed by atoms with Crippen LogP contribution in [0.4, 0.5) is 0 Å². The Hall–Kier alpha value is -1.94. The fraction of sp³-hybridized carbons (Fsp3) is 0.214. The van der Waals surface area contributed by atoms with Gasteiger partial charge >= 0.3 is 0 Å². The molecule has 0 bridgehead atoms. The van der Waals surface area contributed by atoms with E-state index in [1.165, 1.54) is 0 Å². The number of halogens is 1. The molecule has 0 fully saturated rings. The molecule has 1 aromatic heterocycles. The first-order valence-electron chi connectivity index (χ1n) is 5.69. The van der Waals surface area contributed by atoms with Crippen LogP contribution in [0, 0.1) is 0 Å². The first-order chi connectivity index (χ1) is 9.24. The molecule has 1 heterocycles. The van der Waals surface area contributed by atoms with Crippen LogP contribution < -0.4 is 14.2 Å². The van der Waals surface area contributed by atoms with E-state index in [0.717, 1.165) is 0 Å². The minimum absolute atomic E-state index is 0.278. The van der Waals surface area contributed by atoms with Crippen LogP contribution in [0.2, 0.25) is 5.02 Å². The Morgan fingerprint density at radius 2 is 2.00 bits per heavy atom. The maximum absolute atomic E-state index is 5.89. The number of ether oxygens (including phenoxy) is 3. The normalized spacial score (nSPS) is 10.1.